The molecule has 0 radical (unpaired) electrons. The number of hydrogen-bond donors (Lipinski definition) is 0. The Bertz CT molecular complexity index is 2250. The smallest absolute Gasteiger partial charge is 0.184 e. The number of hydrogen-bond acceptors (Lipinski definition) is 2. The van der Waals surface area contributed by atoms with Crippen molar-refractivity contribution in [2.24, 2.45) is 0 Å². The molecule has 2 heterocycles. The molecule has 0 unspecified atom stereocenters. The van der Waals surface area contributed by atoms with Gasteiger partial charge in [0.1, 0.15) is 11.2 Å². The summed E-state index contributed by atoms with van der Waals surface area (Å²) in [5.41, 5.74) is 7.66. The minimum atomic E-state index is -2.64. The first-order valence-corrected chi connectivity index (χ1v) is 17.4. The number of fused-ring (bicyclic) bond motifs is 5. The maximum Gasteiger partial charge on any atom is 0.184 e. The second-order valence-corrected chi connectivity index (χ2v) is 15.4. The van der Waals surface area contributed by atoms with E-state index in [0.717, 1.165) is 38.8 Å². The Hall–Kier alpha value is -5.64. The SMILES string of the molecule is c1ccc([Si]2(c3ccccc3)c3ccccc3N(c3cccc(-c4cccc5c4oc4ccccc45)c3)c3ccccc32)cc1. The third-order valence-electron chi connectivity index (χ3n) is 9.33. The molecule has 3 heteroatoms. The highest BCUT2D eigenvalue weighted by Gasteiger charge is 2.48. The van der Waals surface area contributed by atoms with Gasteiger partial charge in [-0.15, -0.1) is 0 Å². The number of anilines is 3. The minimum absolute atomic E-state index is 0.915. The fourth-order valence-electron chi connectivity index (χ4n) is 7.48. The van der Waals surface area contributed by atoms with Gasteiger partial charge in [-0.25, -0.2) is 0 Å². The standard InChI is InChI=1S/C42H29NOSi/c1-3-17-32(18-4-1)45(33-19-5-2-6-20-33)40-27-11-8-24-37(40)43(38-25-9-12-28-41(38)45)31-16-13-15-30(29-31)34-22-14-23-36-35-21-7-10-26-39(35)44-42(34)36/h1-29H. The van der Waals surface area contributed by atoms with Crippen LogP contribution in [0.3, 0.4) is 0 Å². The Labute approximate surface area is 263 Å². The first kappa shape index (κ1) is 25.8. The molecule has 0 spiro atoms. The van der Waals surface area contributed by atoms with Crippen LogP contribution in [-0.2, 0) is 0 Å². The van der Waals surface area contributed by atoms with E-state index in [4.69, 9.17) is 4.42 Å². The van der Waals surface area contributed by atoms with Gasteiger partial charge in [0.2, 0.25) is 0 Å². The highest BCUT2D eigenvalue weighted by molar-refractivity contribution is 7.21. The highest BCUT2D eigenvalue weighted by atomic mass is 28.3. The minimum Gasteiger partial charge on any atom is -0.455 e. The van der Waals surface area contributed by atoms with Crippen LogP contribution in [0.25, 0.3) is 33.1 Å². The van der Waals surface area contributed by atoms with Crippen LogP contribution in [0, 0.1) is 0 Å². The molecule has 45 heavy (non-hydrogen) atoms. The van der Waals surface area contributed by atoms with Crippen LogP contribution in [0.1, 0.15) is 0 Å². The number of rotatable bonds is 4. The van der Waals surface area contributed by atoms with Crippen molar-refractivity contribution in [3.8, 4) is 11.1 Å². The van der Waals surface area contributed by atoms with Gasteiger partial charge in [0.15, 0.2) is 8.07 Å². The molecule has 2 nitrogen and oxygen atoms in total. The lowest BCUT2D eigenvalue weighted by Gasteiger charge is -2.45. The Balaban J connectivity index is 1.30. The van der Waals surface area contributed by atoms with Crippen LogP contribution in [0.2, 0.25) is 0 Å². The van der Waals surface area contributed by atoms with Crippen molar-refractivity contribution in [1.29, 1.82) is 0 Å². The predicted molar refractivity (Wildman–Crippen MR) is 191 cm³/mol. The van der Waals surface area contributed by atoms with Gasteiger partial charge < -0.3 is 9.32 Å². The molecule has 0 saturated carbocycles. The van der Waals surface area contributed by atoms with E-state index < -0.39 is 8.07 Å². The lowest BCUT2D eigenvalue weighted by atomic mass is 10.0. The van der Waals surface area contributed by atoms with Crippen molar-refractivity contribution >= 4 is 67.8 Å². The van der Waals surface area contributed by atoms with E-state index in [-0.39, 0.29) is 0 Å². The van der Waals surface area contributed by atoms with Gasteiger partial charge >= 0.3 is 0 Å². The molecule has 1 aliphatic heterocycles. The Morgan fingerprint density at radius 3 is 1.69 bits per heavy atom. The summed E-state index contributed by atoms with van der Waals surface area (Å²) in [7, 11) is -2.64. The molecule has 0 bridgehead atoms. The first-order valence-electron chi connectivity index (χ1n) is 15.4. The quantitative estimate of drug-likeness (QED) is 0.191. The summed E-state index contributed by atoms with van der Waals surface area (Å²) in [5.74, 6) is 0. The topological polar surface area (TPSA) is 16.4 Å². The second-order valence-electron chi connectivity index (χ2n) is 11.7. The van der Waals surface area contributed by atoms with Gasteiger partial charge in [-0.05, 0) is 56.6 Å². The van der Waals surface area contributed by atoms with Crippen LogP contribution in [0.4, 0.5) is 17.1 Å². The Morgan fingerprint density at radius 2 is 1.00 bits per heavy atom. The third kappa shape index (κ3) is 3.81. The van der Waals surface area contributed by atoms with Crippen LogP contribution < -0.4 is 25.6 Å². The van der Waals surface area contributed by atoms with Crippen molar-refractivity contribution in [3.05, 3.63) is 176 Å². The van der Waals surface area contributed by atoms with E-state index in [2.05, 4.69) is 169 Å². The average Bonchev–Trinajstić information content (AvgIpc) is 3.50. The van der Waals surface area contributed by atoms with E-state index in [1.165, 1.54) is 32.1 Å². The van der Waals surface area contributed by atoms with Gasteiger partial charge in [0.25, 0.3) is 0 Å². The molecule has 1 aromatic heterocycles. The van der Waals surface area contributed by atoms with Crippen molar-refractivity contribution in [2.75, 3.05) is 4.90 Å². The molecule has 0 fully saturated rings. The zero-order valence-electron chi connectivity index (χ0n) is 24.6. The fraction of sp³-hybridized carbons (Fsp3) is 0. The normalized spacial score (nSPS) is 13.5. The largest absolute Gasteiger partial charge is 0.455 e. The molecule has 0 N–H and O–H groups in total. The van der Waals surface area contributed by atoms with Crippen molar-refractivity contribution < 1.29 is 4.42 Å². The van der Waals surface area contributed by atoms with Crippen molar-refractivity contribution in [1.82, 2.24) is 0 Å². The van der Waals surface area contributed by atoms with Crippen LogP contribution in [-0.4, -0.2) is 8.07 Å². The van der Waals surface area contributed by atoms with E-state index >= 15 is 0 Å². The van der Waals surface area contributed by atoms with Gasteiger partial charge in [-0.2, -0.15) is 0 Å². The molecule has 0 aliphatic carbocycles. The monoisotopic (exact) mass is 591 g/mol. The van der Waals surface area contributed by atoms with Crippen LogP contribution in [0.15, 0.2) is 180 Å². The molecule has 9 rings (SSSR count). The lowest BCUT2D eigenvalue weighted by molar-refractivity contribution is 0.670. The maximum atomic E-state index is 6.45. The molecule has 0 amide bonds. The molecule has 0 saturated heterocycles. The van der Waals surface area contributed by atoms with Gasteiger partial charge in [-0.3, -0.25) is 0 Å². The summed E-state index contributed by atoms with van der Waals surface area (Å²) < 4.78 is 6.45. The third-order valence-corrected chi connectivity index (χ3v) is 14.2. The number of furan rings is 1. The summed E-state index contributed by atoms with van der Waals surface area (Å²) in [6.45, 7) is 0. The number of nitrogens with zero attached hydrogens (tertiary/aromatic N) is 1. The average molecular weight is 592 g/mol. The first-order chi connectivity index (χ1) is 22.3. The molecule has 1 aliphatic rings. The van der Waals surface area contributed by atoms with Crippen LogP contribution in [0.5, 0.6) is 0 Å². The van der Waals surface area contributed by atoms with E-state index in [1.807, 2.05) is 12.1 Å². The van der Waals surface area contributed by atoms with E-state index in [0.29, 0.717) is 0 Å². The maximum absolute atomic E-state index is 6.45. The van der Waals surface area contributed by atoms with Gasteiger partial charge in [0.05, 0.1) is 0 Å². The van der Waals surface area contributed by atoms with Gasteiger partial charge in [0, 0.05) is 33.4 Å². The molecular formula is C42H29NOSi. The summed E-state index contributed by atoms with van der Waals surface area (Å²) in [6, 6.07) is 64.1. The molecule has 8 aromatic rings. The lowest BCUT2D eigenvalue weighted by Crippen LogP contribution is -2.77. The Kier molecular flexibility index (Phi) is 5.87. The zero-order chi connectivity index (χ0) is 29.8. The zero-order valence-corrected chi connectivity index (χ0v) is 25.6. The Morgan fingerprint density at radius 1 is 0.444 bits per heavy atom. The van der Waals surface area contributed by atoms with Crippen molar-refractivity contribution in [2.45, 2.75) is 0 Å². The number of benzene rings is 7. The van der Waals surface area contributed by atoms with Crippen LogP contribution >= 0.6 is 0 Å². The summed E-state index contributed by atoms with van der Waals surface area (Å²) in [5, 5.41) is 7.86. The van der Waals surface area contributed by atoms with Gasteiger partial charge in [-0.1, -0.05) is 146 Å². The summed E-state index contributed by atoms with van der Waals surface area (Å²) >= 11 is 0. The fourth-order valence-corrected chi connectivity index (χ4v) is 12.6. The molecule has 7 aromatic carbocycles. The highest BCUT2D eigenvalue weighted by Crippen LogP contribution is 2.41. The summed E-state index contributed by atoms with van der Waals surface area (Å²) in [4.78, 5) is 2.46. The van der Waals surface area contributed by atoms with Crippen molar-refractivity contribution in [3.63, 3.8) is 0 Å². The summed E-state index contributed by atoms with van der Waals surface area (Å²) in [6.07, 6.45) is 0. The van der Waals surface area contributed by atoms with E-state index in [1.54, 1.807) is 0 Å². The predicted octanol–water partition coefficient (Wildman–Crippen LogP) is 8.41. The van der Waals surface area contributed by atoms with E-state index in [9.17, 15) is 0 Å². The molecule has 0 atom stereocenters. The molecule has 212 valence electrons. The second kappa shape index (κ2) is 10.2. The number of para-hydroxylation sites is 4. The molecular weight excluding hydrogens is 563 g/mol.